The van der Waals surface area contributed by atoms with Crippen molar-refractivity contribution < 1.29 is 27.9 Å². The number of likely N-dealkylation sites (N-methyl/N-ethyl adjacent to an activating group) is 1. The molecule has 0 bridgehead atoms. The van der Waals surface area contributed by atoms with Crippen LogP contribution in [0.15, 0.2) is 18.3 Å². The summed E-state index contributed by atoms with van der Waals surface area (Å²) in [7, 11) is 1.62. The third kappa shape index (κ3) is 5.21. The molecule has 0 radical (unpaired) electrons. The topological polar surface area (TPSA) is 133 Å². The van der Waals surface area contributed by atoms with Gasteiger partial charge in [-0.1, -0.05) is 30.9 Å². The van der Waals surface area contributed by atoms with Crippen molar-refractivity contribution in [3.63, 3.8) is 0 Å². The number of amides is 3. The van der Waals surface area contributed by atoms with Gasteiger partial charge in [0.25, 0.3) is 5.91 Å². The lowest BCUT2D eigenvalue weighted by molar-refractivity contribution is -0.148. The standard InChI is InChI=1S/C30H33F2N7O4/c1-37(27(40)24(9-17-4-5-17)39-14-22(35-36-39)18-6-7-18)23(8-16-2-3-16)28(41)38-15-30(12-20(38)13-33)29(42)34-26-21(32)10-19(31)11-25(26)43-30/h10-11,14,16-18,20,23-24H,2-9,12,15H2,1H3,(H,34,42)/t20-,23-,24-,30+/m0/s1. The van der Waals surface area contributed by atoms with Gasteiger partial charge in [0.15, 0.2) is 11.6 Å². The van der Waals surface area contributed by atoms with Gasteiger partial charge in [0.2, 0.25) is 17.4 Å². The number of hydrogen-bond acceptors (Lipinski definition) is 7. The van der Waals surface area contributed by atoms with Crippen molar-refractivity contribution >= 4 is 23.4 Å². The highest BCUT2D eigenvalue weighted by Crippen LogP contribution is 2.44. The molecule has 1 aromatic heterocycles. The van der Waals surface area contributed by atoms with Crippen LogP contribution in [0, 0.1) is 34.8 Å². The molecule has 11 nitrogen and oxygen atoms in total. The first-order chi connectivity index (χ1) is 20.7. The van der Waals surface area contributed by atoms with Crippen molar-refractivity contribution in [2.24, 2.45) is 11.8 Å². The maximum absolute atomic E-state index is 14.3. The first-order valence-corrected chi connectivity index (χ1v) is 15.0. The highest BCUT2D eigenvalue weighted by atomic mass is 19.1. The molecule has 4 atom stereocenters. The van der Waals surface area contributed by atoms with Gasteiger partial charge in [-0.25, -0.2) is 13.5 Å². The Morgan fingerprint density at radius 2 is 1.91 bits per heavy atom. The van der Waals surface area contributed by atoms with E-state index in [2.05, 4.69) is 21.7 Å². The zero-order chi connectivity index (χ0) is 30.0. The van der Waals surface area contributed by atoms with E-state index >= 15 is 0 Å². The number of nitriles is 1. The molecule has 3 amide bonds. The summed E-state index contributed by atoms with van der Waals surface area (Å²) in [5.74, 6) is -2.42. The molecule has 3 aliphatic carbocycles. The first-order valence-electron chi connectivity index (χ1n) is 15.0. The molecule has 3 saturated carbocycles. The van der Waals surface area contributed by atoms with E-state index in [1.54, 1.807) is 11.7 Å². The maximum atomic E-state index is 14.3. The van der Waals surface area contributed by atoms with Crippen molar-refractivity contribution in [3.8, 4) is 11.8 Å². The van der Waals surface area contributed by atoms with Crippen LogP contribution >= 0.6 is 0 Å². The number of halogens is 2. The molecule has 5 aliphatic rings. The van der Waals surface area contributed by atoms with Crippen LogP contribution in [0.2, 0.25) is 0 Å². The highest BCUT2D eigenvalue weighted by Gasteiger charge is 2.57. The van der Waals surface area contributed by atoms with Crippen LogP contribution in [0.5, 0.6) is 5.75 Å². The van der Waals surface area contributed by atoms with Crippen molar-refractivity contribution in [3.05, 3.63) is 35.7 Å². The summed E-state index contributed by atoms with van der Waals surface area (Å²) in [6, 6.07) is 1.20. The van der Waals surface area contributed by atoms with Gasteiger partial charge in [-0.15, -0.1) is 5.10 Å². The number of ether oxygens (including phenoxy) is 1. The molecule has 1 aromatic carbocycles. The van der Waals surface area contributed by atoms with Crippen LogP contribution in [0.1, 0.15) is 75.4 Å². The summed E-state index contributed by atoms with van der Waals surface area (Å²) in [5, 5.41) is 21.1. The first kappa shape index (κ1) is 27.7. The fraction of sp³-hybridized carbons (Fsp3) is 0.600. The molecular formula is C30H33F2N7O4. The van der Waals surface area contributed by atoms with Crippen LogP contribution in [0.4, 0.5) is 14.5 Å². The number of nitrogens with one attached hydrogen (secondary N) is 1. The van der Waals surface area contributed by atoms with E-state index in [0.29, 0.717) is 30.7 Å². The van der Waals surface area contributed by atoms with Crippen LogP contribution < -0.4 is 10.1 Å². The quantitative estimate of drug-likeness (QED) is 0.472. The lowest BCUT2D eigenvalue weighted by atomic mass is 9.97. The van der Waals surface area contributed by atoms with Crippen LogP contribution in [0.25, 0.3) is 0 Å². The van der Waals surface area contributed by atoms with Gasteiger partial charge < -0.3 is 19.9 Å². The number of carbonyl (C=O) groups excluding carboxylic acids is 3. The average Bonchev–Trinajstić information content (AvgIpc) is 3.90. The normalized spacial score (nSPS) is 25.9. The summed E-state index contributed by atoms with van der Waals surface area (Å²) >= 11 is 0. The van der Waals surface area contributed by atoms with Gasteiger partial charge in [0.05, 0.1) is 18.3 Å². The number of aromatic nitrogens is 3. The number of nitrogens with zero attached hydrogens (tertiary/aromatic N) is 6. The third-order valence-corrected chi connectivity index (χ3v) is 9.47. The average molecular weight is 594 g/mol. The van der Waals surface area contributed by atoms with E-state index in [0.717, 1.165) is 50.3 Å². The van der Waals surface area contributed by atoms with Crippen molar-refractivity contribution in [1.29, 1.82) is 5.26 Å². The second-order valence-electron chi connectivity index (χ2n) is 12.9. The Bertz CT molecular complexity index is 1530. The monoisotopic (exact) mass is 593 g/mol. The summed E-state index contributed by atoms with van der Waals surface area (Å²) < 4.78 is 35.9. The molecular weight excluding hydrogens is 560 g/mol. The molecule has 13 heteroatoms. The van der Waals surface area contributed by atoms with E-state index < -0.39 is 47.2 Å². The number of anilines is 1. The van der Waals surface area contributed by atoms with Crippen LogP contribution in [-0.2, 0) is 14.4 Å². The predicted molar refractivity (Wildman–Crippen MR) is 146 cm³/mol. The molecule has 226 valence electrons. The summed E-state index contributed by atoms with van der Waals surface area (Å²) in [4.78, 5) is 44.3. The Hall–Kier alpha value is -4.08. The minimum Gasteiger partial charge on any atom is -0.473 e. The highest BCUT2D eigenvalue weighted by molar-refractivity contribution is 6.02. The number of hydrogen-bond donors (Lipinski definition) is 1. The molecule has 1 N–H and O–H groups in total. The fourth-order valence-corrected chi connectivity index (χ4v) is 6.37. The number of fused-ring (bicyclic) bond motifs is 1. The fourth-order valence-electron chi connectivity index (χ4n) is 6.37. The van der Waals surface area contributed by atoms with E-state index in [-0.39, 0.29) is 36.2 Å². The van der Waals surface area contributed by atoms with Gasteiger partial charge >= 0.3 is 0 Å². The van der Waals surface area contributed by atoms with Gasteiger partial charge in [-0.05, 0) is 37.5 Å². The van der Waals surface area contributed by atoms with E-state index in [1.807, 2.05) is 6.20 Å². The minimum absolute atomic E-state index is 0.181. The van der Waals surface area contributed by atoms with Crippen molar-refractivity contribution in [2.45, 2.75) is 87.4 Å². The maximum Gasteiger partial charge on any atom is 0.270 e. The summed E-state index contributed by atoms with van der Waals surface area (Å²) in [6.45, 7) is -0.296. The third-order valence-electron chi connectivity index (χ3n) is 9.47. The van der Waals surface area contributed by atoms with E-state index in [1.165, 1.54) is 9.80 Å². The van der Waals surface area contributed by atoms with Crippen LogP contribution in [0.3, 0.4) is 0 Å². The molecule has 1 saturated heterocycles. The zero-order valence-electron chi connectivity index (χ0n) is 23.8. The molecule has 2 aromatic rings. The van der Waals surface area contributed by atoms with Gasteiger partial charge in [0.1, 0.15) is 29.6 Å². The number of rotatable bonds is 9. The zero-order valence-corrected chi connectivity index (χ0v) is 23.8. The Morgan fingerprint density at radius 3 is 2.58 bits per heavy atom. The second-order valence-corrected chi connectivity index (χ2v) is 12.9. The minimum atomic E-state index is -1.70. The smallest absolute Gasteiger partial charge is 0.270 e. The molecule has 43 heavy (non-hydrogen) atoms. The Morgan fingerprint density at radius 1 is 1.19 bits per heavy atom. The molecule has 1 spiro atoms. The van der Waals surface area contributed by atoms with Crippen LogP contribution in [-0.4, -0.2) is 73.8 Å². The van der Waals surface area contributed by atoms with Crippen molar-refractivity contribution in [1.82, 2.24) is 24.8 Å². The predicted octanol–water partition coefficient (Wildman–Crippen LogP) is 3.30. The van der Waals surface area contributed by atoms with Crippen molar-refractivity contribution in [2.75, 3.05) is 18.9 Å². The second kappa shape index (κ2) is 10.3. The molecule has 7 rings (SSSR count). The Balaban J connectivity index is 1.15. The lowest BCUT2D eigenvalue weighted by Crippen LogP contribution is -2.56. The Kier molecular flexibility index (Phi) is 6.63. The number of benzene rings is 1. The SMILES string of the molecule is CN(C(=O)[C@H](CC1CC1)n1cc(C2CC2)nn1)[C@@H](CC1CC1)C(=O)N1C[C@@]2(C[C@H]1C#N)Oc1cc(F)cc(F)c1NC2=O. The van der Waals surface area contributed by atoms with Gasteiger partial charge in [-0.3, -0.25) is 14.4 Å². The van der Waals surface area contributed by atoms with E-state index in [9.17, 15) is 28.4 Å². The molecule has 2 aliphatic heterocycles. The van der Waals surface area contributed by atoms with Gasteiger partial charge in [-0.2, -0.15) is 5.26 Å². The van der Waals surface area contributed by atoms with Gasteiger partial charge in [0, 0.05) is 37.7 Å². The summed E-state index contributed by atoms with van der Waals surface area (Å²) in [5.41, 5.74) is -1.11. The molecule has 4 fully saturated rings. The summed E-state index contributed by atoms with van der Waals surface area (Å²) in [6.07, 6.45) is 8.80. The Labute approximate surface area is 247 Å². The molecule has 3 heterocycles. The number of likely N-dealkylation sites (tertiary alicyclic amines) is 1. The number of carbonyl (C=O) groups is 3. The lowest BCUT2D eigenvalue weighted by Gasteiger charge is -2.36. The van der Waals surface area contributed by atoms with E-state index in [4.69, 9.17) is 4.74 Å². The molecule has 0 unspecified atom stereocenters. The largest absolute Gasteiger partial charge is 0.473 e.